The Kier molecular flexibility index (Phi) is 6.16. The van der Waals surface area contributed by atoms with Gasteiger partial charge in [0, 0.05) is 5.69 Å². The quantitative estimate of drug-likeness (QED) is 0.781. The van der Waals surface area contributed by atoms with Crippen LogP contribution in [-0.4, -0.2) is 27.1 Å². The Bertz CT molecular complexity index is 922. The Morgan fingerprint density at radius 2 is 1.84 bits per heavy atom. The van der Waals surface area contributed by atoms with Crippen molar-refractivity contribution in [1.82, 2.24) is 0 Å². The van der Waals surface area contributed by atoms with Crippen molar-refractivity contribution in [3.63, 3.8) is 0 Å². The molecule has 0 aliphatic rings. The summed E-state index contributed by atoms with van der Waals surface area (Å²) in [6.07, 6.45) is 0.937. The van der Waals surface area contributed by atoms with Gasteiger partial charge < -0.3 is 5.32 Å². The molecule has 134 valence electrons. The first kappa shape index (κ1) is 19.8. The normalized spacial score (nSPS) is 11.2. The number of nitrogens with one attached hydrogen (secondary N) is 1. The van der Waals surface area contributed by atoms with Crippen LogP contribution >= 0.6 is 34.8 Å². The van der Waals surface area contributed by atoms with Crippen molar-refractivity contribution >= 4 is 62.1 Å². The molecule has 0 saturated heterocycles. The zero-order valence-electron chi connectivity index (χ0n) is 12.8. The summed E-state index contributed by atoms with van der Waals surface area (Å²) in [5.74, 6) is -1.30. The molecular weight excluding hydrogens is 414 g/mol. The van der Waals surface area contributed by atoms with E-state index >= 15 is 0 Å². The third-order valence-corrected chi connectivity index (χ3v) is 5.32. The fraction of sp³-hybridized carbons (Fsp3) is 0.133. The Morgan fingerprint density at radius 3 is 2.44 bits per heavy atom. The molecular formula is C15H12Cl3FN2O3S. The number of carbonyl (C=O) groups excluding carboxylic acids is 1. The van der Waals surface area contributed by atoms with Crippen LogP contribution in [0.1, 0.15) is 0 Å². The first-order valence-electron chi connectivity index (χ1n) is 6.76. The topological polar surface area (TPSA) is 66.5 Å². The van der Waals surface area contributed by atoms with Gasteiger partial charge in [-0.2, -0.15) is 0 Å². The summed E-state index contributed by atoms with van der Waals surface area (Å²) in [6.45, 7) is -0.548. The van der Waals surface area contributed by atoms with Crippen LogP contribution in [0.25, 0.3) is 0 Å². The molecule has 0 heterocycles. The van der Waals surface area contributed by atoms with E-state index in [1.807, 2.05) is 0 Å². The fourth-order valence-electron chi connectivity index (χ4n) is 1.97. The van der Waals surface area contributed by atoms with Gasteiger partial charge in [-0.1, -0.05) is 40.9 Å². The first-order chi connectivity index (χ1) is 11.6. The van der Waals surface area contributed by atoms with Crippen molar-refractivity contribution in [2.24, 2.45) is 0 Å². The van der Waals surface area contributed by atoms with E-state index in [0.29, 0.717) is 0 Å². The number of sulfonamides is 1. The second-order valence-electron chi connectivity index (χ2n) is 5.02. The van der Waals surface area contributed by atoms with Crippen molar-refractivity contribution in [2.45, 2.75) is 0 Å². The molecule has 0 spiro atoms. The second-order valence-corrected chi connectivity index (χ2v) is 8.12. The Hall–Kier alpha value is -1.54. The molecule has 0 aromatic heterocycles. The van der Waals surface area contributed by atoms with E-state index in [-0.39, 0.29) is 26.4 Å². The highest BCUT2D eigenvalue weighted by molar-refractivity contribution is 7.92. The molecule has 0 aliphatic carbocycles. The van der Waals surface area contributed by atoms with Gasteiger partial charge in [0.05, 0.1) is 27.0 Å². The van der Waals surface area contributed by atoms with Gasteiger partial charge in [0.2, 0.25) is 15.9 Å². The summed E-state index contributed by atoms with van der Waals surface area (Å²) in [6, 6.07) is 8.04. The van der Waals surface area contributed by atoms with Crippen molar-refractivity contribution < 1.29 is 17.6 Å². The van der Waals surface area contributed by atoms with Gasteiger partial charge in [-0.05, 0) is 30.3 Å². The maximum absolute atomic E-state index is 13.1. The number of amides is 1. The molecule has 25 heavy (non-hydrogen) atoms. The molecule has 0 aliphatic heterocycles. The minimum Gasteiger partial charge on any atom is -0.324 e. The molecule has 10 heteroatoms. The third-order valence-electron chi connectivity index (χ3n) is 3.09. The molecule has 0 radical (unpaired) electrons. The Labute approximate surface area is 159 Å². The second kappa shape index (κ2) is 7.78. The van der Waals surface area contributed by atoms with Crippen LogP contribution in [-0.2, 0) is 14.8 Å². The molecule has 5 nitrogen and oxygen atoms in total. The van der Waals surface area contributed by atoms with E-state index in [2.05, 4.69) is 5.32 Å². The first-order valence-corrected chi connectivity index (χ1v) is 9.74. The van der Waals surface area contributed by atoms with Crippen LogP contribution in [0.3, 0.4) is 0 Å². The Balaban J connectivity index is 2.27. The van der Waals surface area contributed by atoms with Crippen molar-refractivity contribution in [3.8, 4) is 0 Å². The van der Waals surface area contributed by atoms with Crippen molar-refractivity contribution in [3.05, 3.63) is 57.3 Å². The number of rotatable bonds is 5. The summed E-state index contributed by atoms with van der Waals surface area (Å²) in [5.41, 5.74) is 0.297. The molecule has 2 aromatic rings. The molecule has 1 N–H and O–H groups in total. The van der Waals surface area contributed by atoms with E-state index in [9.17, 15) is 17.6 Å². The SMILES string of the molecule is CS(=O)(=O)N(CC(=O)Nc1ccc(F)c(Cl)c1)c1cccc(Cl)c1Cl. The highest BCUT2D eigenvalue weighted by atomic mass is 35.5. The van der Waals surface area contributed by atoms with E-state index in [1.165, 1.54) is 30.3 Å². The van der Waals surface area contributed by atoms with Gasteiger partial charge >= 0.3 is 0 Å². The molecule has 0 fully saturated rings. The third kappa shape index (κ3) is 4.98. The number of hydrogen-bond donors (Lipinski definition) is 1. The lowest BCUT2D eigenvalue weighted by molar-refractivity contribution is -0.114. The van der Waals surface area contributed by atoms with Crippen LogP contribution in [0.5, 0.6) is 0 Å². The van der Waals surface area contributed by atoms with Crippen LogP contribution in [0.2, 0.25) is 15.1 Å². The number of anilines is 2. The van der Waals surface area contributed by atoms with Gasteiger partial charge in [0.15, 0.2) is 0 Å². The molecule has 0 bridgehead atoms. The average Bonchev–Trinajstić information content (AvgIpc) is 2.51. The number of benzene rings is 2. The predicted octanol–water partition coefficient (Wildman–Crippen LogP) is 4.19. The minimum absolute atomic E-state index is 0.00668. The van der Waals surface area contributed by atoms with Crippen LogP contribution in [0.15, 0.2) is 36.4 Å². The van der Waals surface area contributed by atoms with Gasteiger partial charge in [-0.25, -0.2) is 12.8 Å². The van der Waals surface area contributed by atoms with Crippen molar-refractivity contribution in [2.75, 3.05) is 22.4 Å². The smallest absolute Gasteiger partial charge is 0.245 e. The summed E-state index contributed by atoms with van der Waals surface area (Å²) >= 11 is 17.6. The summed E-state index contributed by atoms with van der Waals surface area (Å²) < 4.78 is 38.1. The molecule has 0 saturated carbocycles. The zero-order chi connectivity index (χ0) is 18.8. The van der Waals surface area contributed by atoms with Crippen LogP contribution in [0, 0.1) is 5.82 Å². The molecule has 2 aromatic carbocycles. The summed E-state index contributed by atoms with van der Waals surface area (Å²) in [5, 5.41) is 2.43. The predicted molar refractivity (Wildman–Crippen MR) is 98.7 cm³/mol. The van der Waals surface area contributed by atoms with Gasteiger partial charge in [0.1, 0.15) is 12.4 Å². The van der Waals surface area contributed by atoms with Gasteiger partial charge in [0.25, 0.3) is 0 Å². The highest BCUT2D eigenvalue weighted by Gasteiger charge is 2.24. The molecule has 0 atom stereocenters. The zero-order valence-corrected chi connectivity index (χ0v) is 15.8. The van der Waals surface area contributed by atoms with Crippen LogP contribution in [0.4, 0.5) is 15.8 Å². The van der Waals surface area contributed by atoms with E-state index in [1.54, 1.807) is 0 Å². The lowest BCUT2D eigenvalue weighted by atomic mass is 10.3. The van der Waals surface area contributed by atoms with E-state index in [0.717, 1.165) is 16.6 Å². The summed E-state index contributed by atoms with van der Waals surface area (Å²) in [4.78, 5) is 12.2. The standard InChI is InChI=1S/C15H12Cl3FN2O3S/c1-25(23,24)21(13-4-2-3-10(16)15(13)18)8-14(22)20-9-5-6-12(19)11(17)7-9/h2-7H,8H2,1H3,(H,20,22). The highest BCUT2D eigenvalue weighted by Crippen LogP contribution is 2.33. The summed E-state index contributed by atoms with van der Waals surface area (Å²) in [7, 11) is -3.82. The maximum Gasteiger partial charge on any atom is 0.245 e. The largest absolute Gasteiger partial charge is 0.324 e. The van der Waals surface area contributed by atoms with Gasteiger partial charge in [-0.15, -0.1) is 0 Å². The molecule has 2 rings (SSSR count). The van der Waals surface area contributed by atoms with Crippen molar-refractivity contribution in [1.29, 1.82) is 0 Å². The maximum atomic E-state index is 13.1. The number of hydrogen-bond acceptors (Lipinski definition) is 3. The number of carbonyl (C=O) groups is 1. The lowest BCUT2D eigenvalue weighted by Gasteiger charge is -2.23. The monoisotopic (exact) mass is 424 g/mol. The van der Waals surface area contributed by atoms with Crippen LogP contribution < -0.4 is 9.62 Å². The Morgan fingerprint density at radius 1 is 1.16 bits per heavy atom. The van der Waals surface area contributed by atoms with E-state index < -0.39 is 28.3 Å². The lowest BCUT2D eigenvalue weighted by Crippen LogP contribution is -2.37. The van der Waals surface area contributed by atoms with Gasteiger partial charge in [-0.3, -0.25) is 9.10 Å². The molecule has 1 amide bonds. The minimum atomic E-state index is -3.82. The van der Waals surface area contributed by atoms with E-state index in [4.69, 9.17) is 34.8 Å². The number of halogens is 4. The fourth-order valence-corrected chi connectivity index (χ4v) is 3.46. The molecule has 0 unspecified atom stereocenters. The number of nitrogens with zero attached hydrogens (tertiary/aromatic N) is 1. The average molecular weight is 426 g/mol.